The lowest BCUT2D eigenvalue weighted by molar-refractivity contribution is 0.0336. The van der Waals surface area contributed by atoms with Gasteiger partial charge in [0.05, 0.1) is 6.10 Å². The van der Waals surface area contributed by atoms with E-state index in [9.17, 15) is 10.2 Å². The van der Waals surface area contributed by atoms with Crippen molar-refractivity contribution >= 4 is 24.2 Å². The molecule has 2 N–H and O–H groups in total. The molecule has 1 rings (SSSR count). The van der Waals surface area contributed by atoms with Gasteiger partial charge in [0.2, 0.25) is 0 Å². The van der Waals surface area contributed by atoms with Gasteiger partial charge in [-0.1, -0.05) is 17.7 Å². The second kappa shape index (κ2) is 4.81. The molecule has 0 bridgehead atoms. The first-order chi connectivity index (χ1) is 6.16. The predicted octanol–water partition coefficient (Wildman–Crippen LogP) is 1.06. The number of halogens is 1. The maximum Gasteiger partial charge on any atom is 0.134 e. The monoisotopic (exact) mass is 219 g/mol. The highest BCUT2D eigenvalue weighted by Gasteiger charge is 2.19. The van der Waals surface area contributed by atoms with Crippen molar-refractivity contribution in [2.45, 2.75) is 12.2 Å². The second-order valence-electron chi connectivity index (χ2n) is 2.58. The SMILES string of the molecule is OC(CS)C(O)c1cccnc1Cl. The van der Waals surface area contributed by atoms with Crippen LogP contribution in [0.2, 0.25) is 5.15 Å². The minimum Gasteiger partial charge on any atom is -0.389 e. The van der Waals surface area contributed by atoms with Crippen LogP contribution >= 0.6 is 24.2 Å². The first-order valence-electron chi connectivity index (χ1n) is 3.74. The molecule has 13 heavy (non-hydrogen) atoms. The quantitative estimate of drug-likeness (QED) is 0.527. The van der Waals surface area contributed by atoms with Gasteiger partial charge in [0, 0.05) is 17.5 Å². The Bertz CT molecular complexity index is 285. The smallest absolute Gasteiger partial charge is 0.134 e. The van der Waals surface area contributed by atoms with Crippen molar-refractivity contribution in [1.29, 1.82) is 0 Å². The number of hydrogen-bond acceptors (Lipinski definition) is 4. The Morgan fingerprint density at radius 3 is 2.77 bits per heavy atom. The lowest BCUT2D eigenvalue weighted by Crippen LogP contribution is -2.20. The Morgan fingerprint density at radius 2 is 2.23 bits per heavy atom. The molecule has 0 aliphatic heterocycles. The fourth-order valence-corrected chi connectivity index (χ4v) is 1.36. The van der Waals surface area contributed by atoms with Gasteiger partial charge in [-0.25, -0.2) is 4.98 Å². The highest BCUT2D eigenvalue weighted by Crippen LogP contribution is 2.23. The zero-order chi connectivity index (χ0) is 9.84. The third-order valence-corrected chi connectivity index (χ3v) is 2.35. The average molecular weight is 220 g/mol. The first kappa shape index (κ1) is 10.8. The zero-order valence-electron chi connectivity index (χ0n) is 6.76. The Labute approximate surface area is 86.8 Å². The Hall–Kier alpha value is -0.290. The molecule has 0 aliphatic rings. The number of rotatable bonds is 3. The molecular weight excluding hydrogens is 210 g/mol. The molecule has 0 amide bonds. The fourth-order valence-electron chi connectivity index (χ4n) is 0.926. The van der Waals surface area contributed by atoms with Crippen LogP contribution in [0.15, 0.2) is 18.3 Å². The average Bonchev–Trinajstić information content (AvgIpc) is 2.16. The summed E-state index contributed by atoms with van der Waals surface area (Å²) in [6.45, 7) is 0. The molecule has 0 saturated carbocycles. The van der Waals surface area contributed by atoms with Crippen LogP contribution in [0, 0.1) is 0 Å². The largest absolute Gasteiger partial charge is 0.389 e. The van der Waals surface area contributed by atoms with E-state index in [1.165, 1.54) is 6.20 Å². The van der Waals surface area contributed by atoms with Gasteiger partial charge >= 0.3 is 0 Å². The van der Waals surface area contributed by atoms with E-state index in [4.69, 9.17) is 11.6 Å². The lowest BCUT2D eigenvalue weighted by Gasteiger charge is -2.16. The minimum absolute atomic E-state index is 0.173. The Morgan fingerprint density at radius 1 is 1.54 bits per heavy atom. The summed E-state index contributed by atoms with van der Waals surface area (Å²) >= 11 is 9.58. The van der Waals surface area contributed by atoms with Crippen molar-refractivity contribution in [3.63, 3.8) is 0 Å². The normalized spacial score (nSPS) is 15.4. The van der Waals surface area contributed by atoms with E-state index in [-0.39, 0.29) is 10.9 Å². The number of pyridine rings is 1. The molecule has 2 unspecified atom stereocenters. The second-order valence-corrected chi connectivity index (χ2v) is 3.30. The van der Waals surface area contributed by atoms with E-state index >= 15 is 0 Å². The van der Waals surface area contributed by atoms with Crippen LogP contribution in [0.1, 0.15) is 11.7 Å². The van der Waals surface area contributed by atoms with Crippen LogP contribution in [0.25, 0.3) is 0 Å². The van der Waals surface area contributed by atoms with Gasteiger partial charge < -0.3 is 10.2 Å². The summed E-state index contributed by atoms with van der Waals surface area (Å²) < 4.78 is 0. The molecule has 72 valence electrons. The van der Waals surface area contributed by atoms with E-state index in [0.29, 0.717) is 5.56 Å². The van der Waals surface area contributed by atoms with Gasteiger partial charge in [-0.2, -0.15) is 12.6 Å². The molecule has 0 saturated heterocycles. The molecule has 3 nitrogen and oxygen atoms in total. The molecule has 1 heterocycles. The number of thiol groups is 1. The van der Waals surface area contributed by atoms with E-state index in [2.05, 4.69) is 17.6 Å². The molecule has 5 heteroatoms. The van der Waals surface area contributed by atoms with E-state index in [1.807, 2.05) is 0 Å². The van der Waals surface area contributed by atoms with Crippen molar-refractivity contribution in [3.05, 3.63) is 29.0 Å². The molecule has 0 spiro atoms. The highest BCUT2D eigenvalue weighted by atomic mass is 35.5. The summed E-state index contributed by atoms with van der Waals surface area (Å²) in [6, 6.07) is 3.27. The van der Waals surface area contributed by atoms with E-state index < -0.39 is 12.2 Å². The van der Waals surface area contributed by atoms with Gasteiger partial charge in [0.25, 0.3) is 0 Å². The van der Waals surface area contributed by atoms with Gasteiger partial charge in [-0.05, 0) is 6.07 Å². The van der Waals surface area contributed by atoms with Crippen molar-refractivity contribution in [2.24, 2.45) is 0 Å². The van der Waals surface area contributed by atoms with Crippen LogP contribution in [0.5, 0.6) is 0 Å². The van der Waals surface area contributed by atoms with E-state index in [1.54, 1.807) is 12.1 Å². The minimum atomic E-state index is -1.03. The summed E-state index contributed by atoms with van der Waals surface area (Å²) in [5.41, 5.74) is 0.422. The topological polar surface area (TPSA) is 53.4 Å². The molecule has 0 fully saturated rings. The Balaban J connectivity index is 2.88. The van der Waals surface area contributed by atoms with Crippen LogP contribution in [-0.4, -0.2) is 27.1 Å². The van der Waals surface area contributed by atoms with Crippen LogP contribution in [-0.2, 0) is 0 Å². The summed E-state index contributed by atoms with van der Waals surface area (Å²) in [5, 5.41) is 19.0. The number of aromatic nitrogens is 1. The van der Waals surface area contributed by atoms with Crippen LogP contribution in [0.3, 0.4) is 0 Å². The zero-order valence-corrected chi connectivity index (χ0v) is 8.41. The maximum absolute atomic E-state index is 9.55. The molecule has 0 radical (unpaired) electrons. The third-order valence-electron chi connectivity index (χ3n) is 1.66. The summed E-state index contributed by atoms with van der Waals surface area (Å²) in [7, 11) is 0. The molecule has 0 aliphatic carbocycles. The fraction of sp³-hybridized carbons (Fsp3) is 0.375. The van der Waals surface area contributed by atoms with Crippen LogP contribution < -0.4 is 0 Å². The van der Waals surface area contributed by atoms with Crippen molar-refractivity contribution < 1.29 is 10.2 Å². The molecule has 1 aromatic rings. The Kier molecular flexibility index (Phi) is 3.99. The summed E-state index contributed by atoms with van der Waals surface area (Å²) in [4.78, 5) is 3.79. The van der Waals surface area contributed by atoms with Crippen molar-refractivity contribution in [1.82, 2.24) is 4.98 Å². The highest BCUT2D eigenvalue weighted by molar-refractivity contribution is 7.80. The third kappa shape index (κ3) is 2.57. The van der Waals surface area contributed by atoms with Gasteiger partial charge in [-0.3, -0.25) is 0 Å². The summed E-state index contributed by atoms with van der Waals surface area (Å²) in [5.74, 6) is 0.173. The first-order valence-corrected chi connectivity index (χ1v) is 4.75. The maximum atomic E-state index is 9.55. The number of hydrogen-bond donors (Lipinski definition) is 3. The molecular formula is C8H10ClNO2S. The molecule has 1 aromatic heterocycles. The standard InChI is InChI=1S/C8H10ClNO2S/c9-8-5(2-1-3-10-8)7(12)6(11)4-13/h1-3,6-7,11-13H,4H2. The van der Waals surface area contributed by atoms with Crippen molar-refractivity contribution in [3.8, 4) is 0 Å². The van der Waals surface area contributed by atoms with Gasteiger partial charge in [0.1, 0.15) is 11.3 Å². The number of nitrogens with zero attached hydrogens (tertiary/aromatic N) is 1. The van der Waals surface area contributed by atoms with Crippen LogP contribution in [0.4, 0.5) is 0 Å². The number of aliphatic hydroxyl groups is 2. The molecule has 0 aromatic carbocycles. The lowest BCUT2D eigenvalue weighted by atomic mass is 10.1. The van der Waals surface area contributed by atoms with Gasteiger partial charge in [-0.15, -0.1) is 0 Å². The number of aliphatic hydroxyl groups excluding tert-OH is 2. The van der Waals surface area contributed by atoms with E-state index in [0.717, 1.165) is 0 Å². The summed E-state index contributed by atoms with van der Waals surface area (Å²) in [6.07, 6.45) is -0.435. The van der Waals surface area contributed by atoms with Crippen molar-refractivity contribution in [2.75, 3.05) is 5.75 Å². The molecule has 2 atom stereocenters. The van der Waals surface area contributed by atoms with Gasteiger partial charge in [0.15, 0.2) is 0 Å². The predicted molar refractivity (Wildman–Crippen MR) is 54.1 cm³/mol.